The summed E-state index contributed by atoms with van der Waals surface area (Å²) in [6.07, 6.45) is 1.52. The summed E-state index contributed by atoms with van der Waals surface area (Å²) in [5.74, 6) is 1.29. The summed E-state index contributed by atoms with van der Waals surface area (Å²) in [4.78, 5) is 1.82. The summed E-state index contributed by atoms with van der Waals surface area (Å²) >= 11 is 0. The van der Waals surface area contributed by atoms with Crippen molar-refractivity contribution in [3.63, 3.8) is 0 Å². The quantitative estimate of drug-likeness (QED) is 0.640. The Kier molecular flexibility index (Phi) is 3.61. The minimum atomic E-state index is -0.0368. The third-order valence-electron chi connectivity index (χ3n) is 2.77. The van der Waals surface area contributed by atoms with Crippen molar-refractivity contribution >= 4 is 17.3 Å². The lowest BCUT2D eigenvalue weighted by Gasteiger charge is -2.20. The molecule has 2 rings (SSSR count). The van der Waals surface area contributed by atoms with Gasteiger partial charge in [-0.15, -0.1) is 5.10 Å². The van der Waals surface area contributed by atoms with Crippen LogP contribution in [0.1, 0.15) is 5.56 Å². The molecule has 6 heteroatoms. The number of nitrogens with one attached hydrogen (secondary N) is 1. The number of nitrogens with zero attached hydrogens (tertiary/aromatic N) is 3. The first-order valence-corrected chi connectivity index (χ1v) is 5.67. The molecule has 0 amide bonds. The number of anilines is 2. The predicted octanol–water partition coefficient (Wildman–Crippen LogP) is 1.54. The predicted molar refractivity (Wildman–Crippen MR) is 74.1 cm³/mol. The lowest BCUT2D eigenvalue weighted by atomic mass is 10.2. The Morgan fingerprint density at radius 2 is 1.95 bits per heavy atom. The molecular formula is C13H15N5O. The number of hydrogen-bond donors (Lipinski definition) is 2. The second-order valence-electron chi connectivity index (χ2n) is 3.94. The number of amidine groups is 1. The van der Waals surface area contributed by atoms with Crippen LogP contribution in [0, 0.1) is 5.41 Å². The van der Waals surface area contributed by atoms with E-state index in [1.807, 2.05) is 36.2 Å². The van der Waals surface area contributed by atoms with Gasteiger partial charge in [-0.25, -0.2) is 0 Å². The normalized spacial score (nSPS) is 10.0. The van der Waals surface area contributed by atoms with Gasteiger partial charge in [-0.1, -0.05) is 0 Å². The van der Waals surface area contributed by atoms with Gasteiger partial charge in [0.25, 0.3) is 0 Å². The molecular weight excluding hydrogens is 242 g/mol. The Morgan fingerprint density at radius 1 is 1.26 bits per heavy atom. The van der Waals surface area contributed by atoms with Gasteiger partial charge < -0.3 is 15.4 Å². The molecule has 1 aromatic heterocycles. The average Bonchev–Trinajstić information content (AvgIpc) is 2.46. The van der Waals surface area contributed by atoms with E-state index in [9.17, 15) is 0 Å². The third kappa shape index (κ3) is 2.62. The number of nitrogens with two attached hydrogens (primary N) is 1. The first-order chi connectivity index (χ1) is 9.13. The van der Waals surface area contributed by atoms with Crippen LogP contribution in [0.25, 0.3) is 0 Å². The highest BCUT2D eigenvalue weighted by Gasteiger charge is 2.13. The molecule has 2 aromatic rings. The van der Waals surface area contributed by atoms with Crippen molar-refractivity contribution in [2.45, 2.75) is 0 Å². The van der Waals surface area contributed by atoms with E-state index in [2.05, 4.69) is 10.2 Å². The first kappa shape index (κ1) is 12.8. The van der Waals surface area contributed by atoms with Gasteiger partial charge in [0.15, 0.2) is 5.82 Å². The molecule has 0 saturated heterocycles. The maximum atomic E-state index is 7.56. The molecule has 0 aliphatic heterocycles. The van der Waals surface area contributed by atoms with Crippen molar-refractivity contribution < 1.29 is 4.74 Å². The van der Waals surface area contributed by atoms with Gasteiger partial charge in [0.1, 0.15) is 11.6 Å². The highest BCUT2D eigenvalue weighted by atomic mass is 16.5. The molecule has 0 unspecified atom stereocenters. The van der Waals surface area contributed by atoms with Crippen molar-refractivity contribution in [2.75, 3.05) is 19.1 Å². The van der Waals surface area contributed by atoms with Gasteiger partial charge in [0.2, 0.25) is 0 Å². The van der Waals surface area contributed by atoms with E-state index >= 15 is 0 Å². The Bertz CT molecular complexity index is 582. The van der Waals surface area contributed by atoms with E-state index in [0.29, 0.717) is 11.4 Å². The molecule has 0 spiro atoms. The van der Waals surface area contributed by atoms with Gasteiger partial charge in [-0.2, -0.15) is 5.10 Å². The highest BCUT2D eigenvalue weighted by Crippen LogP contribution is 2.25. The second kappa shape index (κ2) is 5.34. The third-order valence-corrected chi connectivity index (χ3v) is 2.77. The van der Waals surface area contributed by atoms with Gasteiger partial charge in [0.05, 0.1) is 18.9 Å². The van der Waals surface area contributed by atoms with Crippen LogP contribution in [0.2, 0.25) is 0 Å². The molecule has 19 heavy (non-hydrogen) atoms. The van der Waals surface area contributed by atoms with Gasteiger partial charge in [0, 0.05) is 12.7 Å². The molecule has 98 valence electrons. The molecule has 0 aliphatic carbocycles. The molecule has 0 atom stereocenters. The van der Waals surface area contributed by atoms with Crippen molar-refractivity contribution in [2.24, 2.45) is 5.73 Å². The minimum absolute atomic E-state index is 0.0368. The molecule has 0 radical (unpaired) electrons. The van der Waals surface area contributed by atoms with Crippen molar-refractivity contribution in [3.05, 3.63) is 42.1 Å². The monoisotopic (exact) mass is 257 g/mol. The smallest absolute Gasteiger partial charge is 0.166 e. The lowest BCUT2D eigenvalue weighted by Crippen LogP contribution is -2.20. The summed E-state index contributed by atoms with van der Waals surface area (Å²) in [6, 6.07) is 9.19. The van der Waals surface area contributed by atoms with Gasteiger partial charge in [-0.3, -0.25) is 5.41 Å². The van der Waals surface area contributed by atoms with E-state index in [1.54, 1.807) is 13.2 Å². The van der Waals surface area contributed by atoms with Crippen LogP contribution in [-0.4, -0.2) is 30.2 Å². The molecule has 3 N–H and O–H groups in total. The van der Waals surface area contributed by atoms with Gasteiger partial charge in [-0.05, 0) is 30.3 Å². The first-order valence-electron chi connectivity index (χ1n) is 5.67. The van der Waals surface area contributed by atoms with Crippen molar-refractivity contribution in [3.8, 4) is 5.75 Å². The van der Waals surface area contributed by atoms with Crippen molar-refractivity contribution in [1.82, 2.24) is 10.2 Å². The van der Waals surface area contributed by atoms with Crippen LogP contribution in [-0.2, 0) is 0 Å². The standard InChI is InChI=1S/C13H15N5O/c1-18(9-3-5-10(19-2)6-4-9)13-11(12(14)15)7-8-16-17-13/h3-8H,1-2H3,(H3,14,15). The Hall–Kier alpha value is -2.63. The molecule has 0 saturated carbocycles. The average molecular weight is 257 g/mol. The summed E-state index contributed by atoms with van der Waals surface area (Å²) in [6.45, 7) is 0. The van der Waals surface area contributed by atoms with Crippen LogP contribution in [0.3, 0.4) is 0 Å². The Balaban J connectivity index is 2.37. The van der Waals surface area contributed by atoms with Crippen molar-refractivity contribution in [1.29, 1.82) is 5.41 Å². The zero-order chi connectivity index (χ0) is 13.8. The molecule has 0 bridgehead atoms. The van der Waals surface area contributed by atoms with E-state index < -0.39 is 0 Å². The number of benzene rings is 1. The summed E-state index contributed by atoms with van der Waals surface area (Å²) in [5.41, 5.74) is 7.00. The lowest BCUT2D eigenvalue weighted by molar-refractivity contribution is 0.415. The molecule has 1 heterocycles. The summed E-state index contributed by atoms with van der Waals surface area (Å²) in [5, 5.41) is 15.4. The van der Waals surface area contributed by atoms with Crippen LogP contribution in [0.5, 0.6) is 5.75 Å². The Morgan fingerprint density at radius 3 is 2.53 bits per heavy atom. The zero-order valence-corrected chi connectivity index (χ0v) is 10.8. The van der Waals surface area contributed by atoms with Crippen LogP contribution < -0.4 is 15.4 Å². The van der Waals surface area contributed by atoms with Gasteiger partial charge >= 0.3 is 0 Å². The SMILES string of the molecule is COc1ccc(N(C)c2nnccc2C(=N)N)cc1. The topological polar surface area (TPSA) is 88.1 Å². The van der Waals surface area contributed by atoms with Crippen LogP contribution >= 0.6 is 0 Å². The molecule has 6 nitrogen and oxygen atoms in total. The van der Waals surface area contributed by atoms with E-state index in [-0.39, 0.29) is 5.84 Å². The fourth-order valence-corrected chi connectivity index (χ4v) is 1.71. The number of rotatable bonds is 4. The maximum absolute atomic E-state index is 7.56. The second-order valence-corrected chi connectivity index (χ2v) is 3.94. The fraction of sp³-hybridized carbons (Fsp3) is 0.154. The Labute approximate surface area is 111 Å². The zero-order valence-electron chi connectivity index (χ0n) is 10.8. The largest absolute Gasteiger partial charge is 0.497 e. The number of nitrogen functional groups attached to an aromatic ring is 1. The molecule has 0 aliphatic rings. The highest BCUT2D eigenvalue weighted by molar-refractivity contribution is 6.00. The number of methoxy groups -OCH3 is 1. The fourth-order valence-electron chi connectivity index (χ4n) is 1.71. The number of hydrogen-bond acceptors (Lipinski definition) is 5. The number of aromatic nitrogens is 2. The minimum Gasteiger partial charge on any atom is -0.497 e. The van der Waals surface area contributed by atoms with Crippen LogP contribution in [0.15, 0.2) is 36.5 Å². The maximum Gasteiger partial charge on any atom is 0.166 e. The van der Waals surface area contributed by atoms with Crippen LogP contribution in [0.4, 0.5) is 11.5 Å². The molecule has 0 fully saturated rings. The van der Waals surface area contributed by atoms with E-state index in [4.69, 9.17) is 15.9 Å². The number of ether oxygens (including phenoxy) is 1. The van der Waals surface area contributed by atoms with E-state index in [1.165, 1.54) is 6.20 Å². The summed E-state index contributed by atoms with van der Waals surface area (Å²) < 4.78 is 5.12. The summed E-state index contributed by atoms with van der Waals surface area (Å²) in [7, 11) is 3.47. The van der Waals surface area contributed by atoms with E-state index in [0.717, 1.165) is 11.4 Å². The molecule has 1 aromatic carbocycles.